The van der Waals surface area contributed by atoms with Crippen LogP contribution < -0.4 is 0 Å². The van der Waals surface area contributed by atoms with Gasteiger partial charge in [-0.15, -0.1) is 0 Å². The van der Waals surface area contributed by atoms with Crippen LogP contribution >= 0.6 is 15.9 Å². The molecule has 0 saturated heterocycles. The maximum absolute atomic E-state index is 12.0. The van der Waals surface area contributed by atoms with E-state index < -0.39 is 0 Å². The van der Waals surface area contributed by atoms with Gasteiger partial charge in [0.25, 0.3) is 0 Å². The second-order valence-electron chi connectivity index (χ2n) is 4.59. The molecule has 0 saturated carbocycles. The number of benzene rings is 1. The summed E-state index contributed by atoms with van der Waals surface area (Å²) in [5, 5.41) is 0. The second-order valence-corrected chi connectivity index (χ2v) is 5.51. The zero-order valence-electron chi connectivity index (χ0n) is 11.1. The SMILES string of the molecule is CC(C)OCCN(C)CC(=O)c1cccc(Br)c1. The highest BCUT2D eigenvalue weighted by atomic mass is 79.9. The Balaban J connectivity index is 2.40. The average Bonchev–Trinajstić information content (AvgIpc) is 2.28. The molecule has 0 heterocycles. The first-order valence-electron chi connectivity index (χ1n) is 6.08. The molecular formula is C14H20BrNO2. The summed E-state index contributed by atoms with van der Waals surface area (Å²) >= 11 is 3.37. The molecule has 3 nitrogen and oxygen atoms in total. The maximum atomic E-state index is 12.0. The maximum Gasteiger partial charge on any atom is 0.176 e. The lowest BCUT2D eigenvalue weighted by atomic mass is 10.1. The number of Topliss-reactive ketones (excluding diaryl/α,β-unsaturated/α-hetero) is 1. The summed E-state index contributed by atoms with van der Waals surface area (Å²) < 4.78 is 6.39. The molecule has 100 valence electrons. The minimum atomic E-state index is 0.128. The number of ketones is 1. The van der Waals surface area contributed by atoms with E-state index in [1.165, 1.54) is 0 Å². The molecule has 0 aliphatic carbocycles. The second kappa shape index (κ2) is 7.67. The summed E-state index contributed by atoms with van der Waals surface area (Å²) in [6, 6.07) is 7.47. The van der Waals surface area contributed by atoms with Gasteiger partial charge < -0.3 is 4.74 Å². The zero-order valence-corrected chi connectivity index (χ0v) is 12.7. The Morgan fingerprint density at radius 2 is 2.17 bits per heavy atom. The lowest BCUT2D eigenvalue weighted by molar-refractivity contribution is 0.0619. The van der Waals surface area contributed by atoms with E-state index in [0.717, 1.165) is 16.6 Å². The fourth-order valence-electron chi connectivity index (χ4n) is 1.52. The van der Waals surface area contributed by atoms with Gasteiger partial charge in [-0.05, 0) is 33.0 Å². The third kappa shape index (κ3) is 5.76. The van der Waals surface area contributed by atoms with Crippen LogP contribution in [0.25, 0.3) is 0 Å². The molecule has 0 N–H and O–H groups in total. The van der Waals surface area contributed by atoms with Crippen LogP contribution in [-0.4, -0.2) is 43.5 Å². The predicted molar refractivity (Wildman–Crippen MR) is 77.1 cm³/mol. The summed E-state index contributed by atoms with van der Waals surface area (Å²) in [7, 11) is 1.93. The lowest BCUT2D eigenvalue weighted by Crippen LogP contribution is -2.29. The van der Waals surface area contributed by atoms with Crippen LogP contribution in [0.3, 0.4) is 0 Å². The predicted octanol–water partition coefficient (Wildman–Crippen LogP) is 2.99. The van der Waals surface area contributed by atoms with Crippen LogP contribution in [0.15, 0.2) is 28.7 Å². The molecule has 1 rings (SSSR count). The van der Waals surface area contributed by atoms with E-state index in [2.05, 4.69) is 15.9 Å². The fourth-order valence-corrected chi connectivity index (χ4v) is 1.92. The quantitative estimate of drug-likeness (QED) is 0.725. The monoisotopic (exact) mass is 313 g/mol. The van der Waals surface area contributed by atoms with Crippen LogP contribution in [0, 0.1) is 0 Å². The standard InChI is InChI=1S/C14H20BrNO2/c1-11(2)18-8-7-16(3)10-14(17)12-5-4-6-13(15)9-12/h4-6,9,11H,7-8,10H2,1-3H3. The largest absolute Gasteiger partial charge is 0.377 e. The molecule has 1 aromatic rings. The van der Waals surface area contributed by atoms with E-state index in [0.29, 0.717) is 13.2 Å². The number of carbonyl (C=O) groups excluding carboxylic acids is 1. The molecule has 0 aliphatic heterocycles. The van der Waals surface area contributed by atoms with Crippen molar-refractivity contribution in [1.82, 2.24) is 4.90 Å². The normalized spacial score (nSPS) is 11.2. The van der Waals surface area contributed by atoms with Crippen LogP contribution in [0.5, 0.6) is 0 Å². The summed E-state index contributed by atoms with van der Waals surface area (Å²) in [5.41, 5.74) is 0.737. The van der Waals surface area contributed by atoms with Gasteiger partial charge in [-0.3, -0.25) is 9.69 Å². The van der Waals surface area contributed by atoms with Crippen molar-refractivity contribution in [3.05, 3.63) is 34.3 Å². The van der Waals surface area contributed by atoms with E-state index in [1.807, 2.05) is 50.1 Å². The Labute approximate surface area is 117 Å². The summed E-state index contributed by atoms with van der Waals surface area (Å²) in [5.74, 6) is 0.128. The molecule has 0 radical (unpaired) electrons. The van der Waals surface area contributed by atoms with Crippen LogP contribution in [0.4, 0.5) is 0 Å². The lowest BCUT2D eigenvalue weighted by Gasteiger charge is -2.16. The number of likely N-dealkylation sites (N-methyl/N-ethyl adjacent to an activating group) is 1. The Morgan fingerprint density at radius 1 is 1.44 bits per heavy atom. The Kier molecular flexibility index (Phi) is 6.54. The van der Waals surface area contributed by atoms with Gasteiger partial charge in [0, 0.05) is 16.6 Å². The van der Waals surface area contributed by atoms with Crippen molar-refractivity contribution >= 4 is 21.7 Å². The van der Waals surface area contributed by atoms with Crippen molar-refractivity contribution in [2.24, 2.45) is 0 Å². The Morgan fingerprint density at radius 3 is 2.78 bits per heavy atom. The average molecular weight is 314 g/mol. The van der Waals surface area contributed by atoms with Gasteiger partial charge in [-0.1, -0.05) is 28.1 Å². The van der Waals surface area contributed by atoms with Crippen molar-refractivity contribution in [1.29, 1.82) is 0 Å². The molecule has 0 aromatic heterocycles. The van der Waals surface area contributed by atoms with Crippen molar-refractivity contribution in [2.45, 2.75) is 20.0 Å². The highest BCUT2D eigenvalue weighted by Crippen LogP contribution is 2.12. The van der Waals surface area contributed by atoms with E-state index in [-0.39, 0.29) is 11.9 Å². The van der Waals surface area contributed by atoms with Crippen LogP contribution in [0.2, 0.25) is 0 Å². The minimum Gasteiger partial charge on any atom is -0.377 e. The van der Waals surface area contributed by atoms with Gasteiger partial charge in [0.05, 0.1) is 19.3 Å². The van der Waals surface area contributed by atoms with Crippen LogP contribution in [-0.2, 0) is 4.74 Å². The van der Waals surface area contributed by atoms with Gasteiger partial charge in [0.2, 0.25) is 0 Å². The van der Waals surface area contributed by atoms with Crippen molar-refractivity contribution < 1.29 is 9.53 Å². The summed E-state index contributed by atoms with van der Waals surface area (Å²) in [6.45, 7) is 5.84. The third-order valence-corrected chi connectivity index (χ3v) is 2.98. The number of nitrogens with zero attached hydrogens (tertiary/aromatic N) is 1. The molecule has 4 heteroatoms. The number of rotatable bonds is 7. The van der Waals surface area contributed by atoms with Crippen molar-refractivity contribution in [3.8, 4) is 0 Å². The van der Waals surface area contributed by atoms with Crippen molar-refractivity contribution in [2.75, 3.05) is 26.7 Å². The number of hydrogen-bond acceptors (Lipinski definition) is 3. The highest BCUT2D eigenvalue weighted by Gasteiger charge is 2.09. The Hall–Kier alpha value is -0.710. The van der Waals surface area contributed by atoms with E-state index in [9.17, 15) is 4.79 Å². The number of carbonyl (C=O) groups is 1. The number of ether oxygens (including phenoxy) is 1. The smallest absolute Gasteiger partial charge is 0.176 e. The van der Waals surface area contributed by atoms with E-state index in [4.69, 9.17) is 4.74 Å². The highest BCUT2D eigenvalue weighted by molar-refractivity contribution is 9.10. The molecule has 0 amide bonds. The first-order valence-corrected chi connectivity index (χ1v) is 6.87. The van der Waals surface area contributed by atoms with Crippen LogP contribution in [0.1, 0.15) is 24.2 Å². The fraction of sp³-hybridized carbons (Fsp3) is 0.500. The molecule has 18 heavy (non-hydrogen) atoms. The van der Waals surface area contributed by atoms with E-state index >= 15 is 0 Å². The van der Waals surface area contributed by atoms with Gasteiger partial charge in [0.1, 0.15) is 0 Å². The van der Waals surface area contributed by atoms with Gasteiger partial charge in [-0.2, -0.15) is 0 Å². The van der Waals surface area contributed by atoms with Gasteiger partial charge in [0.15, 0.2) is 5.78 Å². The number of hydrogen-bond donors (Lipinski definition) is 0. The Bertz CT molecular complexity index is 393. The zero-order chi connectivity index (χ0) is 13.5. The summed E-state index contributed by atoms with van der Waals surface area (Å²) in [6.07, 6.45) is 0.235. The molecule has 0 fully saturated rings. The minimum absolute atomic E-state index is 0.128. The first-order chi connectivity index (χ1) is 8.49. The van der Waals surface area contributed by atoms with Gasteiger partial charge >= 0.3 is 0 Å². The molecule has 0 atom stereocenters. The van der Waals surface area contributed by atoms with Gasteiger partial charge in [-0.25, -0.2) is 0 Å². The van der Waals surface area contributed by atoms with Crippen molar-refractivity contribution in [3.63, 3.8) is 0 Å². The topological polar surface area (TPSA) is 29.5 Å². The first kappa shape index (κ1) is 15.3. The number of halogens is 1. The summed E-state index contributed by atoms with van der Waals surface area (Å²) in [4.78, 5) is 14.0. The molecule has 0 unspecified atom stereocenters. The molecule has 0 bridgehead atoms. The third-order valence-electron chi connectivity index (χ3n) is 2.48. The molecule has 0 aliphatic rings. The molecule has 1 aromatic carbocycles. The van der Waals surface area contributed by atoms with E-state index in [1.54, 1.807) is 0 Å². The molecule has 0 spiro atoms. The molecular weight excluding hydrogens is 294 g/mol.